The number of carbonyl (C=O) groups excluding carboxylic acids is 1. The molecule has 22 heavy (non-hydrogen) atoms. The molecule has 2 aliphatic carbocycles. The van der Waals surface area contributed by atoms with Crippen molar-refractivity contribution in [3.05, 3.63) is 30.2 Å². The van der Waals surface area contributed by atoms with Gasteiger partial charge in [-0.15, -0.1) is 0 Å². The van der Waals surface area contributed by atoms with Crippen LogP contribution in [0.1, 0.15) is 42.5 Å². The number of amides is 1. The fraction of sp³-hybridized carbons (Fsp3) is 0.467. The molecule has 7 heteroatoms. The van der Waals surface area contributed by atoms with Gasteiger partial charge in [-0.1, -0.05) is 0 Å². The Morgan fingerprint density at radius 2 is 2.05 bits per heavy atom. The van der Waals surface area contributed by atoms with Crippen LogP contribution in [0, 0.1) is 5.41 Å². The lowest BCUT2D eigenvalue weighted by molar-refractivity contribution is -0.148. The molecule has 0 unspecified atom stereocenters. The summed E-state index contributed by atoms with van der Waals surface area (Å²) in [5.41, 5.74) is -0.0999. The van der Waals surface area contributed by atoms with Crippen molar-refractivity contribution in [1.29, 1.82) is 0 Å². The smallest absolute Gasteiger partial charge is 0.309 e. The van der Waals surface area contributed by atoms with Gasteiger partial charge in [-0.3, -0.25) is 9.59 Å². The van der Waals surface area contributed by atoms with Crippen molar-refractivity contribution in [1.82, 2.24) is 19.9 Å². The molecule has 0 aromatic carbocycles. The fourth-order valence-electron chi connectivity index (χ4n) is 3.96. The molecule has 0 saturated heterocycles. The molecule has 4 rings (SSSR count). The van der Waals surface area contributed by atoms with E-state index in [0.717, 1.165) is 12.8 Å². The molecule has 0 aliphatic heterocycles. The summed E-state index contributed by atoms with van der Waals surface area (Å²) in [5.74, 6) is -0.962. The van der Waals surface area contributed by atoms with Crippen LogP contribution >= 0.6 is 0 Å². The number of aliphatic carboxylic acids is 1. The highest BCUT2D eigenvalue weighted by molar-refractivity contribution is 6.00. The summed E-state index contributed by atoms with van der Waals surface area (Å²) < 4.78 is 1.55. The Bertz CT molecular complexity index is 774. The second-order valence-corrected chi connectivity index (χ2v) is 6.44. The molecule has 0 radical (unpaired) electrons. The summed E-state index contributed by atoms with van der Waals surface area (Å²) in [6.07, 6.45) is 8.08. The molecule has 2 saturated carbocycles. The van der Waals surface area contributed by atoms with Crippen molar-refractivity contribution in [3.8, 4) is 0 Å². The van der Waals surface area contributed by atoms with Gasteiger partial charge in [0.15, 0.2) is 5.65 Å². The molecule has 1 amide bonds. The van der Waals surface area contributed by atoms with Crippen molar-refractivity contribution in [2.24, 2.45) is 5.41 Å². The number of fused-ring (bicyclic) bond motifs is 3. The first-order chi connectivity index (χ1) is 10.5. The van der Waals surface area contributed by atoms with Gasteiger partial charge in [0.2, 0.25) is 0 Å². The van der Waals surface area contributed by atoms with E-state index in [-0.39, 0.29) is 5.91 Å². The average molecular weight is 300 g/mol. The molecule has 7 nitrogen and oxygen atoms in total. The van der Waals surface area contributed by atoms with Crippen LogP contribution in [0.3, 0.4) is 0 Å². The topological polar surface area (TPSA) is 96.6 Å². The van der Waals surface area contributed by atoms with E-state index in [1.54, 1.807) is 23.0 Å². The maximum absolute atomic E-state index is 12.6. The summed E-state index contributed by atoms with van der Waals surface area (Å²) >= 11 is 0. The molecular formula is C15H16N4O3. The number of hydrogen-bond acceptors (Lipinski definition) is 4. The molecule has 2 heterocycles. The third kappa shape index (κ3) is 1.74. The maximum Gasteiger partial charge on any atom is 0.309 e. The zero-order valence-corrected chi connectivity index (χ0v) is 12.0. The third-order valence-electron chi connectivity index (χ3n) is 5.20. The number of carbonyl (C=O) groups is 2. The van der Waals surface area contributed by atoms with Crippen LogP contribution in [0.25, 0.3) is 5.65 Å². The van der Waals surface area contributed by atoms with Gasteiger partial charge in [0.25, 0.3) is 5.91 Å². The molecule has 0 atom stereocenters. The minimum atomic E-state index is -0.737. The zero-order chi connectivity index (χ0) is 15.4. The SMILES string of the molecule is O=C(NC12CCC(C(=O)O)(CC1)C2)c1cnn2cccnc12. The number of rotatable bonds is 3. The van der Waals surface area contributed by atoms with Crippen LogP contribution < -0.4 is 5.32 Å². The lowest BCUT2D eigenvalue weighted by atomic mass is 9.84. The first kappa shape index (κ1) is 13.2. The lowest BCUT2D eigenvalue weighted by Gasteiger charge is -2.27. The number of nitrogens with zero attached hydrogens (tertiary/aromatic N) is 3. The van der Waals surface area contributed by atoms with E-state index < -0.39 is 16.9 Å². The molecule has 2 fully saturated rings. The van der Waals surface area contributed by atoms with Crippen molar-refractivity contribution < 1.29 is 14.7 Å². The van der Waals surface area contributed by atoms with Gasteiger partial charge < -0.3 is 10.4 Å². The molecule has 2 N–H and O–H groups in total. The highest BCUT2D eigenvalue weighted by Gasteiger charge is 2.58. The predicted molar refractivity (Wildman–Crippen MR) is 76.3 cm³/mol. The van der Waals surface area contributed by atoms with E-state index in [1.807, 2.05) is 0 Å². The average Bonchev–Trinajstić information content (AvgIpc) is 3.18. The summed E-state index contributed by atoms with van der Waals surface area (Å²) in [5, 5.41) is 16.6. The van der Waals surface area contributed by atoms with E-state index in [1.165, 1.54) is 6.20 Å². The quantitative estimate of drug-likeness (QED) is 0.889. The Morgan fingerprint density at radius 3 is 2.73 bits per heavy atom. The van der Waals surface area contributed by atoms with Crippen molar-refractivity contribution in [2.75, 3.05) is 0 Å². The minimum Gasteiger partial charge on any atom is -0.481 e. The number of aromatic nitrogens is 3. The Morgan fingerprint density at radius 1 is 1.27 bits per heavy atom. The molecule has 0 spiro atoms. The van der Waals surface area contributed by atoms with Gasteiger partial charge in [-0.2, -0.15) is 5.10 Å². The second kappa shape index (κ2) is 4.28. The maximum atomic E-state index is 12.6. The van der Waals surface area contributed by atoms with Crippen LogP contribution in [0.2, 0.25) is 0 Å². The summed E-state index contributed by atoms with van der Waals surface area (Å²) in [6, 6.07) is 1.75. The van der Waals surface area contributed by atoms with Crippen molar-refractivity contribution >= 4 is 17.5 Å². The summed E-state index contributed by atoms with van der Waals surface area (Å²) in [4.78, 5) is 28.2. The third-order valence-corrected chi connectivity index (χ3v) is 5.20. The Labute approximate surface area is 126 Å². The van der Waals surface area contributed by atoms with Crippen LogP contribution in [0.15, 0.2) is 24.7 Å². The number of carboxylic acid groups (broad SMARTS) is 1. The van der Waals surface area contributed by atoms with Gasteiger partial charge in [0.1, 0.15) is 5.56 Å². The molecule has 2 aromatic heterocycles. The Hall–Kier alpha value is -2.44. The van der Waals surface area contributed by atoms with E-state index in [9.17, 15) is 14.7 Å². The van der Waals surface area contributed by atoms with Gasteiger partial charge in [-0.05, 0) is 38.2 Å². The predicted octanol–water partition coefficient (Wildman–Crippen LogP) is 1.25. The van der Waals surface area contributed by atoms with E-state index >= 15 is 0 Å². The highest BCUT2D eigenvalue weighted by Crippen LogP contribution is 2.56. The van der Waals surface area contributed by atoms with E-state index in [2.05, 4.69) is 15.4 Å². The normalized spacial score (nSPS) is 29.8. The lowest BCUT2D eigenvalue weighted by Crippen LogP contribution is -2.45. The monoisotopic (exact) mass is 300 g/mol. The van der Waals surface area contributed by atoms with Gasteiger partial charge in [-0.25, -0.2) is 9.50 Å². The standard InChI is InChI=1S/C15H16N4O3/c20-12(10-8-17-19-7-1-6-16-11(10)19)18-15-4-2-14(9-15,3-5-15)13(21)22/h1,6-8H,2-5,9H2,(H,18,20)(H,21,22). The fourth-order valence-corrected chi connectivity index (χ4v) is 3.96. The minimum absolute atomic E-state index is 0.225. The van der Waals surface area contributed by atoms with Gasteiger partial charge in [0, 0.05) is 17.9 Å². The Balaban J connectivity index is 1.60. The van der Waals surface area contributed by atoms with E-state index in [4.69, 9.17) is 0 Å². The summed E-state index contributed by atoms with van der Waals surface area (Å²) in [6.45, 7) is 0. The van der Waals surface area contributed by atoms with Crippen LogP contribution in [0.5, 0.6) is 0 Å². The highest BCUT2D eigenvalue weighted by atomic mass is 16.4. The summed E-state index contributed by atoms with van der Waals surface area (Å²) in [7, 11) is 0. The molecule has 114 valence electrons. The van der Waals surface area contributed by atoms with Crippen molar-refractivity contribution in [2.45, 2.75) is 37.6 Å². The largest absolute Gasteiger partial charge is 0.481 e. The van der Waals surface area contributed by atoms with Crippen LogP contribution in [0.4, 0.5) is 0 Å². The van der Waals surface area contributed by atoms with Gasteiger partial charge in [0.05, 0.1) is 11.6 Å². The zero-order valence-electron chi connectivity index (χ0n) is 12.0. The first-order valence-corrected chi connectivity index (χ1v) is 7.38. The van der Waals surface area contributed by atoms with Gasteiger partial charge >= 0.3 is 5.97 Å². The van der Waals surface area contributed by atoms with Crippen LogP contribution in [-0.2, 0) is 4.79 Å². The molecular weight excluding hydrogens is 284 g/mol. The first-order valence-electron chi connectivity index (χ1n) is 7.38. The van der Waals surface area contributed by atoms with Crippen LogP contribution in [-0.4, -0.2) is 37.1 Å². The number of hydrogen-bond donors (Lipinski definition) is 2. The molecule has 2 aliphatic rings. The number of nitrogens with one attached hydrogen (secondary N) is 1. The molecule has 2 aromatic rings. The second-order valence-electron chi connectivity index (χ2n) is 6.44. The Kier molecular flexibility index (Phi) is 2.58. The van der Waals surface area contributed by atoms with E-state index in [0.29, 0.717) is 30.5 Å². The molecule has 2 bridgehead atoms. The number of carboxylic acids is 1. The van der Waals surface area contributed by atoms with Crippen molar-refractivity contribution in [3.63, 3.8) is 0 Å².